The molecule has 2 heterocycles. The number of benzene rings is 2. The van der Waals surface area contributed by atoms with E-state index in [1.54, 1.807) is 12.1 Å². The Hall–Kier alpha value is -3.13. The molecule has 0 aromatic heterocycles. The number of rotatable bonds is 9. The number of methoxy groups -OCH3 is 1. The molecule has 5 rings (SSSR count). The number of hydrogen-bond donors (Lipinski definition) is 0. The zero-order chi connectivity index (χ0) is 26.7. The number of esters is 1. The maximum atomic E-state index is 13.6. The smallest absolute Gasteiger partial charge is 0.308 e. The molecule has 2 aliphatic heterocycles. The predicted molar refractivity (Wildman–Crippen MR) is 143 cm³/mol. The van der Waals surface area contributed by atoms with Gasteiger partial charge in [0.2, 0.25) is 0 Å². The van der Waals surface area contributed by atoms with Gasteiger partial charge in [0, 0.05) is 32.0 Å². The van der Waals surface area contributed by atoms with Crippen LogP contribution < -0.4 is 9.47 Å². The predicted octanol–water partition coefficient (Wildman–Crippen LogP) is 5.60. The summed E-state index contributed by atoms with van der Waals surface area (Å²) in [4.78, 5) is 20.2. The van der Waals surface area contributed by atoms with Gasteiger partial charge in [-0.3, -0.25) is 9.69 Å². The second-order valence-corrected chi connectivity index (χ2v) is 10.6. The lowest BCUT2D eigenvalue weighted by Crippen LogP contribution is -2.61. The van der Waals surface area contributed by atoms with Crippen LogP contribution in [0.2, 0.25) is 0 Å². The van der Waals surface area contributed by atoms with Crippen molar-refractivity contribution < 1.29 is 28.2 Å². The molecule has 0 bridgehead atoms. The normalized spacial score (nSPS) is 22.4. The van der Waals surface area contributed by atoms with Crippen LogP contribution in [0.15, 0.2) is 41.6 Å². The van der Waals surface area contributed by atoms with Gasteiger partial charge in [-0.2, -0.15) is 0 Å². The van der Waals surface area contributed by atoms with Gasteiger partial charge in [-0.1, -0.05) is 17.3 Å². The van der Waals surface area contributed by atoms with Crippen LogP contribution in [0.25, 0.3) is 11.1 Å². The third-order valence-electron chi connectivity index (χ3n) is 7.88. The lowest BCUT2D eigenvalue weighted by molar-refractivity contribution is -0.146. The van der Waals surface area contributed by atoms with Crippen molar-refractivity contribution in [1.82, 2.24) is 4.90 Å². The third kappa shape index (κ3) is 5.51. The van der Waals surface area contributed by atoms with Gasteiger partial charge in [-0.25, -0.2) is 4.39 Å². The fourth-order valence-corrected chi connectivity index (χ4v) is 6.08. The van der Waals surface area contributed by atoms with E-state index in [2.05, 4.69) is 22.2 Å². The molecule has 1 saturated heterocycles. The van der Waals surface area contributed by atoms with Gasteiger partial charge < -0.3 is 19.0 Å². The Balaban J connectivity index is 1.23. The Morgan fingerprint density at radius 1 is 1.05 bits per heavy atom. The van der Waals surface area contributed by atoms with Crippen molar-refractivity contribution in [2.45, 2.75) is 58.1 Å². The molecule has 7 nitrogen and oxygen atoms in total. The van der Waals surface area contributed by atoms with Gasteiger partial charge >= 0.3 is 5.97 Å². The van der Waals surface area contributed by atoms with Gasteiger partial charge in [-0.05, 0) is 74.9 Å². The Kier molecular flexibility index (Phi) is 7.88. The summed E-state index contributed by atoms with van der Waals surface area (Å²) in [5.41, 5.74) is 3.70. The maximum Gasteiger partial charge on any atom is 0.308 e. The molecular weight excluding hydrogens is 487 g/mol. The zero-order valence-electron chi connectivity index (χ0n) is 22.5. The highest BCUT2D eigenvalue weighted by Crippen LogP contribution is 2.43. The Bertz CT molecular complexity index is 1140. The van der Waals surface area contributed by atoms with Crippen molar-refractivity contribution >= 4 is 11.7 Å². The lowest BCUT2D eigenvalue weighted by Gasteiger charge is -2.45. The van der Waals surface area contributed by atoms with Crippen molar-refractivity contribution in [2.24, 2.45) is 17.0 Å². The van der Waals surface area contributed by atoms with Gasteiger partial charge in [0.25, 0.3) is 0 Å². The molecule has 8 heteroatoms. The monoisotopic (exact) mass is 524 g/mol. The van der Waals surface area contributed by atoms with E-state index >= 15 is 0 Å². The molecule has 38 heavy (non-hydrogen) atoms. The van der Waals surface area contributed by atoms with Crippen LogP contribution in [0.1, 0.15) is 51.5 Å². The maximum absolute atomic E-state index is 13.6. The fourth-order valence-electron chi connectivity index (χ4n) is 6.08. The largest absolute Gasteiger partial charge is 0.493 e. The van der Waals surface area contributed by atoms with E-state index in [1.807, 2.05) is 13.8 Å². The second kappa shape index (κ2) is 11.3. The molecule has 0 unspecified atom stereocenters. The summed E-state index contributed by atoms with van der Waals surface area (Å²) in [7, 11) is 1.46. The van der Waals surface area contributed by atoms with Crippen molar-refractivity contribution in [1.29, 1.82) is 0 Å². The molecule has 1 spiro atoms. The van der Waals surface area contributed by atoms with Gasteiger partial charge in [0.05, 0.1) is 37.5 Å². The molecule has 1 aliphatic carbocycles. The standard InChI is InChI=1S/C30H37FN2O5/c1-4-36-26-14-20(15-27(37-5-2)28(26)22-10-12-24(31)13-11-22)17-33-18-30(19-33)16-25(32-38-30)21-6-8-23(9-7-21)29(34)35-3/h10-15,21,23H,4-9,16-19H2,1-3H3/t21-,23-. The van der Waals surface area contributed by atoms with E-state index in [-0.39, 0.29) is 23.3 Å². The highest BCUT2D eigenvalue weighted by molar-refractivity contribution is 5.89. The number of nitrogens with zero attached hydrogens (tertiary/aromatic N) is 2. The van der Waals surface area contributed by atoms with Crippen LogP contribution in [-0.2, 0) is 20.9 Å². The van der Waals surface area contributed by atoms with E-state index in [4.69, 9.17) is 19.0 Å². The molecule has 0 amide bonds. The lowest BCUT2D eigenvalue weighted by atomic mass is 9.76. The van der Waals surface area contributed by atoms with E-state index in [1.165, 1.54) is 19.2 Å². The molecule has 0 atom stereocenters. The second-order valence-electron chi connectivity index (χ2n) is 10.6. The fraction of sp³-hybridized carbons (Fsp3) is 0.533. The van der Waals surface area contributed by atoms with Crippen LogP contribution in [0.3, 0.4) is 0 Å². The summed E-state index contributed by atoms with van der Waals surface area (Å²) in [5, 5.41) is 4.50. The first-order valence-corrected chi connectivity index (χ1v) is 13.7. The Morgan fingerprint density at radius 2 is 1.68 bits per heavy atom. The summed E-state index contributed by atoms with van der Waals surface area (Å²) >= 11 is 0. The van der Waals surface area contributed by atoms with E-state index in [0.717, 1.165) is 85.6 Å². The summed E-state index contributed by atoms with van der Waals surface area (Å²) in [5.74, 6) is 1.52. The first-order valence-electron chi connectivity index (χ1n) is 13.7. The van der Waals surface area contributed by atoms with Crippen LogP contribution in [-0.4, -0.2) is 55.6 Å². The van der Waals surface area contributed by atoms with Crippen LogP contribution in [0, 0.1) is 17.7 Å². The highest BCUT2D eigenvalue weighted by Gasteiger charge is 2.50. The quantitative estimate of drug-likeness (QED) is 0.398. The zero-order valence-corrected chi connectivity index (χ0v) is 22.5. The number of halogens is 1. The minimum Gasteiger partial charge on any atom is -0.493 e. The molecule has 0 N–H and O–H groups in total. The molecule has 3 aliphatic rings. The summed E-state index contributed by atoms with van der Waals surface area (Å²) in [6, 6.07) is 10.5. The minimum atomic E-state index is -0.275. The van der Waals surface area contributed by atoms with Gasteiger partial charge in [0.15, 0.2) is 5.60 Å². The minimum absolute atomic E-state index is 0.0185. The van der Waals surface area contributed by atoms with Crippen molar-refractivity contribution in [2.75, 3.05) is 33.4 Å². The van der Waals surface area contributed by atoms with Crippen molar-refractivity contribution in [3.63, 3.8) is 0 Å². The number of carbonyl (C=O) groups is 1. The molecule has 2 fully saturated rings. The highest BCUT2D eigenvalue weighted by atomic mass is 19.1. The Morgan fingerprint density at radius 3 is 2.26 bits per heavy atom. The van der Waals surface area contributed by atoms with Crippen LogP contribution in [0.4, 0.5) is 4.39 Å². The summed E-state index contributed by atoms with van der Waals surface area (Å²) in [6.07, 6.45) is 4.49. The van der Waals surface area contributed by atoms with Crippen LogP contribution in [0.5, 0.6) is 11.5 Å². The van der Waals surface area contributed by atoms with E-state index < -0.39 is 0 Å². The molecule has 0 radical (unpaired) electrons. The average molecular weight is 525 g/mol. The topological polar surface area (TPSA) is 69.6 Å². The molecule has 2 aromatic carbocycles. The van der Waals surface area contributed by atoms with Crippen molar-refractivity contribution in [3.8, 4) is 22.6 Å². The van der Waals surface area contributed by atoms with Gasteiger partial charge in [0.1, 0.15) is 17.3 Å². The molecule has 1 saturated carbocycles. The first kappa shape index (κ1) is 26.5. The molecular formula is C30H37FN2O5. The molecule has 2 aromatic rings. The number of ether oxygens (including phenoxy) is 3. The summed E-state index contributed by atoms with van der Waals surface area (Å²) < 4.78 is 30.5. The number of hydrogen-bond acceptors (Lipinski definition) is 7. The summed E-state index contributed by atoms with van der Waals surface area (Å²) in [6.45, 7) is 7.32. The first-order chi connectivity index (χ1) is 18.4. The number of oxime groups is 1. The number of likely N-dealkylation sites (tertiary alicyclic amines) is 1. The number of carbonyl (C=O) groups excluding carboxylic acids is 1. The SMILES string of the molecule is CCOc1cc(CN2CC3(CC([C@H]4CC[C@H](C(=O)OC)CC4)=NO3)C2)cc(OCC)c1-c1ccc(F)cc1. The van der Waals surface area contributed by atoms with Gasteiger partial charge in [-0.15, -0.1) is 0 Å². The van der Waals surface area contributed by atoms with E-state index in [0.29, 0.717) is 19.1 Å². The molecule has 204 valence electrons. The van der Waals surface area contributed by atoms with Crippen molar-refractivity contribution in [3.05, 3.63) is 47.8 Å². The van der Waals surface area contributed by atoms with Crippen LogP contribution >= 0.6 is 0 Å². The Labute approximate surface area is 223 Å². The average Bonchev–Trinajstić information content (AvgIpc) is 3.35. The third-order valence-corrected chi connectivity index (χ3v) is 7.88. The van der Waals surface area contributed by atoms with E-state index in [9.17, 15) is 9.18 Å².